The molecule has 29 nitrogen and oxygen atoms in total. The van der Waals surface area contributed by atoms with E-state index in [9.17, 15) is 9.90 Å². The predicted molar refractivity (Wildman–Crippen MR) is 477 cm³/mol. The van der Waals surface area contributed by atoms with Crippen LogP contribution in [0.2, 0.25) is 0 Å². The largest absolute Gasteiger partial charge is 0.508 e. The van der Waals surface area contributed by atoms with Gasteiger partial charge in [0, 0.05) is 114 Å². The van der Waals surface area contributed by atoms with E-state index in [2.05, 4.69) is 197 Å². The summed E-state index contributed by atoms with van der Waals surface area (Å²) < 4.78 is 35.5. The summed E-state index contributed by atoms with van der Waals surface area (Å²) in [5.41, 5.74) is 24.0. The first kappa shape index (κ1) is 79.7. The van der Waals surface area contributed by atoms with Gasteiger partial charge in [0.05, 0.1) is 97.4 Å². The first-order valence-electron chi connectivity index (χ1n) is 42.5. The van der Waals surface area contributed by atoms with Crippen molar-refractivity contribution < 1.29 is 33.6 Å². The molecule has 8 aliphatic rings. The van der Waals surface area contributed by atoms with Crippen molar-refractivity contribution in [3.05, 3.63) is 228 Å². The maximum atomic E-state index is 13.0. The normalized spacial score (nSPS) is 16.5. The number of amides is 1. The lowest BCUT2D eigenvalue weighted by Gasteiger charge is -2.32. The van der Waals surface area contributed by atoms with E-state index in [1.54, 1.807) is 36.2 Å². The molecule has 1 atom stereocenters. The number of ether oxygens (including phenoxy) is 5. The maximum absolute atomic E-state index is 13.0. The van der Waals surface area contributed by atoms with Gasteiger partial charge in [0.1, 0.15) is 57.1 Å². The van der Waals surface area contributed by atoms with Crippen molar-refractivity contribution in [1.82, 2.24) is 87.9 Å². The molecule has 0 spiro atoms. The molecule has 29 heteroatoms. The third-order valence-corrected chi connectivity index (χ3v) is 23.9. The summed E-state index contributed by atoms with van der Waals surface area (Å²) in [4.78, 5) is 84.2. The summed E-state index contributed by atoms with van der Waals surface area (Å²) in [6.07, 6.45) is 23.4. The highest BCUT2D eigenvalue weighted by Gasteiger charge is 2.30. The summed E-state index contributed by atoms with van der Waals surface area (Å²) in [6.45, 7) is 19.2. The van der Waals surface area contributed by atoms with Crippen molar-refractivity contribution in [3.8, 4) is 50.8 Å². The van der Waals surface area contributed by atoms with Gasteiger partial charge in [-0.1, -0.05) is 164 Å². The third kappa shape index (κ3) is 17.0. The van der Waals surface area contributed by atoms with Gasteiger partial charge in [-0.15, -0.1) is 0 Å². The lowest BCUT2D eigenvalue weighted by Crippen LogP contribution is -2.48. The highest BCUT2D eigenvalue weighted by Crippen LogP contribution is 2.40. The summed E-state index contributed by atoms with van der Waals surface area (Å²) in [7, 11) is 3.77. The van der Waals surface area contributed by atoms with Gasteiger partial charge in [-0.3, -0.25) is 4.79 Å². The molecule has 8 aromatic heterocycles. The average molecular weight is 1650 g/mol. The minimum absolute atomic E-state index is 0.0582. The van der Waals surface area contributed by atoms with Crippen LogP contribution in [0.3, 0.4) is 0 Å². The third-order valence-electron chi connectivity index (χ3n) is 23.9. The Kier molecular flexibility index (Phi) is 23.6. The Hall–Kier alpha value is -13.0. The molecule has 1 N–H and O–H groups in total. The van der Waals surface area contributed by atoms with Gasteiger partial charge in [-0.05, 0) is 89.9 Å². The van der Waals surface area contributed by atoms with Crippen molar-refractivity contribution in [2.45, 2.75) is 51.9 Å². The monoisotopic (exact) mass is 1650 g/mol. The van der Waals surface area contributed by atoms with Crippen molar-refractivity contribution in [1.29, 1.82) is 0 Å². The Morgan fingerprint density at radius 3 is 1.32 bits per heavy atom. The Balaban J connectivity index is 0.000000108. The lowest BCUT2D eigenvalue weighted by molar-refractivity contribution is -0.133. The summed E-state index contributed by atoms with van der Waals surface area (Å²) in [6, 6.07) is 47.3. The van der Waals surface area contributed by atoms with E-state index >= 15 is 0 Å². The zero-order valence-electron chi connectivity index (χ0n) is 69.5. The van der Waals surface area contributed by atoms with Crippen LogP contribution in [-0.2, 0) is 67.4 Å². The second-order valence-electron chi connectivity index (χ2n) is 31.7. The van der Waals surface area contributed by atoms with Gasteiger partial charge in [-0.2, -0.15) is 19.9 Å². The molecule has 0 saturated carbocycles. The number of allylic oxidation sites excluding steroid dienone is 3. The number of nitrogens with zero attached hydrogens (tertiary/aromatic N) is 22. The number of anilines is 4. The SMILES string of the molecule is C1=Cc2c(cccc2-c2nc(N3CCOCC3)nc3c2ncn3Cc2ccccc2)C1.CC(c1ccccc1)n1cnc2c(-c3cccc4c3C=CC4)nc(N3CCOCC3)nc21.CN1CCN(C(=O)Cn2cnc3c(-c4cccc(O)c4)nc(N4CCOCC4)nc32)CC1.COCCn1cnc2c(-c3cccc4c3C=CC4)nc(N3CCOCC3)nc21. The van der Waals surface area contributed by atoms with Crippen molar-refractivity contribution in [3.63, 3.8) is 0 Å². The van der Waals surface area contributed by atoms with Gasteiger partial charge in [0.15, 0.2) is 22.6 Å². The molecule has 3 aliphatic carbocycles. The fourth-order valence-corrected chi connectivity index (χ4v) is 17.1. The number of methoxy groups -OCH3 is 1. The molecule has 626 valence electrons. The van der Waals surface area contributed by atoms with Crippen molar-refractivity contribution in [2.75, 3.05) is 172 Å². The van der Waals surface area contributed by atoms with Crippen LogP contribution in [0.25, 0.3) is 108 Å². The number of phenolic OH excluding ortho intramolecular Hbond substituents is 1. The number of phenols is 1. The number of carbonyl (C=O) groups is 1. The lowest BCUT2D eigenvalue weighted by atomic mass is 10.0. The van der Waals surface area contributed by atoms with Crippen LogP contribution in [0.4, 0.5) is 23.8 Å². The molecular weight excluding hydrogens is 1550 g/mol. The van der Waals surface area contributed by atoms with Crippen LogP contribution < -0.4 is 19.6 Å². The minimum atomic E-state index is 0.0582. The fourth-order valence-electron chi connectivity index (χ4n) is 17.1. The van der Waals surface area contributed by atoms with E-state index in [4.69, 9.17) is 73.5 Å². The van der Waals surface area contributed by atoms with Crippen LogP contribution in [0, 0.1) is 0 Å². The highest BCUT2D eigenvalue weighted by atomic mass is 16.5. The van der Waals surface area contributed by atoms with Crippen LogP contribution >= 0.6 is 0 Å². The van der Waals surface area contributed by atoms with Crippen LogP contribution in [0.15, 0.2) is 183 Å². The Morgan fingerprint density at radius 1 is 0.431 bits per heavy atom. The van der Waals surface area contributed by atoms with Crippen molar-refractivity contribution >= 4 is 92.6 Å². The zero-order chi connectivity index (χ0) is 83.1. The number of imidazole rings is 4. The van der Waals surface area contributed by atoms with Gasteiger partial charge in [-0.25, -0.2) is 39.9 Å². The van der Waals surface area contributed by atoms with Crippen LogP contribution in [0.5, 0.6) is 5.75 Å². The topological polar surface area (TPSA) is 277 Å². The Bertz CT molecular complexity index is 6230. The van der Waals surface area contributed by atoms with Gasteiger partial charge >= 0.3 is 0 Å². The number of rotatable bonds is 17. The first-order valence-corrected chi connectivity index (χ1v) is 42.5. The number of morpholine rings is 4. The highest BCUT2D eigenvalue weighted by molar-refractivity contribution is 5.96. The van der Waals surface area contributed by atoms with E-state index in [1.165, 1.54) is 44.5 Å². The average Bonchev–Trinajstić information content (AvgIpc) is 1.58. The number of benzene rings is 6. The molecule has 123 heavy (non-hydrogen) atoms. The van der Waals surface area contributed by atoms with E-state index < -0.39 is 0 Å². The second-order valence-corrected chi connectivity index (χ2v) is 31.7. The van der Waals surface area contributed by atoms with Crippen LogP contribution in [0.1, 0.15) is 57.5 Å². The number of likely N-dealkylation sites (N-methyl/N-ethyl adjacent to an activating group) is 1. The quantitative estimate of drug-likeness (QED) is 0.0886. The number of fused-ring (bicyclic) bond motifs is 7. The van der Waals surface area contributed by atoms with Crippen LogP contribution in [-0.4, -0.2) is 251 Å². The predicted octanol–water partition coefficient (Wildman–Crippen LogP) is 11.8. The number of carbonyl (C=O) groups excluding carboxylic acids is 1. The molecule has 13 heterocycles. The second kappa shape index (κ2) is 36.3. The van der Waals surface area contributed by atoms with E-state index in [1.807, 2.05) is 46.6 Å². The molecule has 0 radical (unpaired) electrons. The zero-order valence-corrected chi connectivity index (χ0v) is 69.5. The number of aromatic hydroxyl groups is 1. The van der Waals surface area contributed by atoms with E-state index in [-0.39, 0.29) is 24.2 Å². The summed E-state index contributed by atoms with van der Waals surface area (Å²) in [5, 5.41) is 10.0. The fraction of sp³-hybridized carbons (Fsp3) is 0.330. The smallest absolute Gasteiger partial charge is 0.242 e. The first-order chi connectivity index (χ1) is 60.6. The molecular formula is C94H98N22O7. The summed E-state index contributed by atoms with van der Waals surface area (Å²) >= 11 is 0. The molecule has 5 saturated heterocycles. The molecule has 6 aromatic carbocycles. The molecule has 5 aliphatic heterocycles. The standard InChI is InChI=1S/C26H25N5O.C25H23N5O.C22H27N7O3.C21H23N5O2/c1-18(19-7-3-2-4-8-19)31-17-27-24-23(22-12-6-10-20-9-5-11-21(20)22)28-26(29-25(24)31)30-13-15-32-16-14-30;1-2-6-18(7-3-1)16-30-17-26-23-22(21-11-5-9-19-8-4-10-20(19)21)27-25(28-24(23)30)29-12-14-31-15-13-29;1-26-5-7-27(8-6-26)18(31)14-29-15-23-20-19(16-3-2-4-17(30)13-16)24-22(25-21(20)29)28-9-11-32-12-10-28;1-27-11-8-26-14-22-19-18(17-7-3-5-15-4-2-6-16(15)17)23-21(24-20(19)26)25-9-12-28-13-10-25/h2-8,10-12,17-18H,9,13-16H2,1H3;1-7,9-11,17H,8,12-16H2;2-4,13,15,30H,5-12,14H2,1H3;2-3,5-7,14H,4,8-13H2,1H3. The number of hydrogen-bond donors (Lipinski definition) is 1. The molecule has 1 amide bonds. The summed E-state index contributed by atoms with van der Waals surface area (Å²) in [5.74, 6) is 3.03. The number of aromatic nitrogens is 16. The minimum Gasteiger partial charge on any atom is -0.508 e. The number of hydrogen-bond acceptors (Lipinski definition) is 24. The van der Waals surface area contributed by atoms with E-state index in [0.29, 0.717) is 102 Å². The molecule has 5 fully saturated rings. The molecule has 22 rings (SSSR count). The van der Waals surface area contributed by atoms with Gasteiger partial charge < -0.3 is 76.5 Å². The molecule has 0 bridgehead atoms. The Morgan fingerprint density at radius 2 is 0.837 bits per heavy atom. The van der Waals surface area contributed by atoms with Gasteiger partial charge in [0.2, 0.25) is 29.7 Å². The Labute approximate surface area is 712 Å². The molecule has 1 unspecified atom stereocenters. The number of piperazine rings is 1. The maximum Gasteiger partial charge on any atom is 0.242 e. The molecule has 14 aromatic rings. The van der Waals surface area contributed by atoms with Gasteiger partial charge in [0.25, 0.3) is 0 Å². The van der Waals surface area contributed by atoms with Crippen molar-refractivity contribution in [2.24, 2.45) is 0 Å². The van der Waals surface area contributed by atoms with E-state index in [0.717, 1.165) is 182 Å².